The van der Waals surface area contributed by atoms with Gasteiger partial charge in [0.1, 0.15) is 0 Å². The fourth-order valence-electron chi connectivity index (χ4n) is 2.60. The molecule has 0 spiro atoms. The van der Waals surface area contributed by atoms with E-state index in [2.05, 4.69) is 15.9 Å². The second-order valence-electron chi connectivity index (χ2n) is 4.84. The second kappa shape index (κ2) is 4.49. The number of hydrogen-bond acceptors (Lipinski definition) is 2. The first-order chi connectivity index (χ1) is 8.75. The first-order valence-corrected chi connectivity index (χ1v) is 6.52. The standard InChI is InChI=1S/C14H13BrO4/c1-7-5-9-6-8(12(16)17)3-4-10(9)14(2,15)11(7)13(18)19/h3-6,11H,1-2H3,(H,16,17)(H,18,19). The van der Waals surface area contributed by atoms with Crippen LogP contribution in [-0.4, -0.2) is 22.2 Å². The zero-order valence-electron chi connectivity index (χ0n) is 10.5. The van der Waals surface area contributed by atoms with Crippen LogP contribution in [0, 0.1) is 5.92 Å². The number of aromatic carboxylic acids is 1. The fraction of sp³-hybridized carbons (Fsp3) is 0.286. The van der Waals surface area contributed by atoms with Gasteiger partial charge in [-0.1, -0.05) is 33.6 Å². The molecule has 2 N–H and O–H groups in total. The maximum atomic E-state index is 11.4. The van der Waals surface area contributed by atoms with Crippen molar-refractivity contribution < 1.29 is 19.8 Å². The normalized spacial score (nSPS) is 25.4. The summed E-state index contributed by atoms with van der Waals surface area (Å²) in [6, 6.07) is 4.74. The number of rotatable bonds is 2. The van der Waals surface area contributed by atoms with E-state index in [-0.39, 0.29) is 5.56 Å². The summed E-state index contributed by atoms with van der Waals surface area (Å²) in [5.74, 6) is -2.57. The van der Waals surface area contributed by atoms with Crippen molar-refractivity contribution >= 4 is 33.9 Å². The van der Waals surface area contributed by atoms with Crippen molar-refractivity contribution in [2.24, 2.45) is 5.92 Å². The smallest absolute Gasteiger partial charge is 0.335 e. The van der Waals surface area contributed by atoms with Crippen molar-refractivity contribution in [3.8, 4) is 0 Å². The van der Waals surface area contributed by atoms with E-state index in [4.69, 9.17) is 5.11 Å². The molecule has 1 aromatic carbocycles. The molecular formula is C14H13BrO4. The SMILES string of the molecule is CC1=Cc2cc(C(=O)O)ccc2C(C)(Br)C1C(=O)O. The molecule has 0 radical (unpaired) electrons. The van der Waals surface area contributed by atoms with Gasteiger partial charge in [-0.3, -0.25) is 4.79 Å². The molecular weight excluding hydrogens is 312 g/mol. The Hall–Kier alpha value is -1.62. The van der Waals surface area contributed by atoms with Gasteiger partial charge in [0.15, 0.2) is 0 Å². The van der Waals surface area contributed by atoms with E-state index >= 15 is 0 Å². The molecule has 1 aliphatic rings. The van der Waals surface area contributed by atoms with E-state index in [1.54, 1.807) is 32.1 Å². The highest BCUT2D eigenvalue weighted by atomic mass is 79.9. The Kier molecular flexibility index (Phi) is 3.26. The van der Waals surface area contributed by atoms with E-state index in [1.807, 2.05) is 0 Å². The van der Waals surface area contributed by atoms with E-state index in [1.165, 1.54) is 6.07 Å². The van der Waals surface area contributed by atoms with Gasteiger partial charge < -0.3 is 10.2 Å². The van der Waals surface area contributed by atoms with Gasteiger partial charge in [-0.25, -0.2) is 4.79 Å². The lowest BCUT2D eigenvalue weighted by Gasteiger charge is -2.35. The molecule has 2 rings (SSSR count). The number of carboxylic acid groups (broad SMARTS) is 2. The van der Waals surface area contributed by atoms with Crippen molar-refractivity contribution in [3.63, 3.8) is 0 Å². The molecule has 0 saturated heterocycles. The molecule has 1 aromatic rings. The minimum Gasteiger partial charge on any atom is -0.481 e. The second-order valence-corrected chi connectivity index (χ2v) is 6.49. The predicted octanol–water partition coefficient (Wildman–Crippen LogP) is 3.11. The highest BCUT2D eigenvalue weighted by Gasteiger charge is 2.43. The average molecular weight is 325 g/mol. The summed E-state index contributed by atoms with van der Waals surface area (Å²) in [5.41, 5.74) is 2.42. The first-order valence-electron chi connectivity index (χ1n) is 5.73. The maximum Gasteiger partial charge on any atom is 0.335 e. The van der Waals surface area contributed by atoms with Gasteiger partial charge in [-0.15, -0.1) is 0 Å². The third-order valence-corrected chi connectivity index (χ3v) is 4.34. The Morgan fingerprint density at radius 3 is 2.47 bits per heavy atom. The molecule has 100 valence electrons. The van der Waals surface area contributed by atoms with Crippen LogP contribution in [0.25, 0.3) is 6.08 Å². The van der Waals surface area contributed by atoms with Crippen LogP contribution in [0.3, 0.4) is 0 Å². The van der Waals surface area contributed by atoms with Gasteiger partial charge in [0.05, 0.1) is 15.8 Å². The molecule has 0 bridgehead atoms. The molecule has 0 aromatic heterocycles. The van der Waals surface area contributed by atoms with Crippen molar-refractivity contribution in [3.05, 3.63) is 40.5 Å². The van der Waals surface area contributed by atoms with Crippen molar-refractivity contribution in [1.82, 2.24) is 0 Å². The summed E-state index contributed by atoms with van der Waals surface area (Å²) < 4.78 is -0.746. The summed E-state index contributed by atoms with van der Waals surface area (Å²) in [4.78, 5) is 22.4. The van der Waals surface area contributed by atoms with Crippen molar-refractivity contribution in [2.45, 2.75) is 18.2 Å². The lowest BCUT2D eigenvalue weighted by atomic mass is 9.75. The summed E-state index contributed by atoms with van der Waals surface area (Å²) in [5, 5.41) is 18.3. The number of fused-ring (bicyclic) bond motifs is 1. The third kappa shape index (κ3) is 2.18. The van der Waals surface area contributed by atoms with Gasteiger partial charge in [0.2, 0.25) is 0 Å². The highest BCUT2D eigenvalue weighted by Crippen LogP contribution is 2.47. The number of aliphatic carboxylic acids is 1. The molecule has 1 aliphatic carbocycles. The largest absolute Gasteiger partial charge is 0.481 e. The zero-order valence-corrected chi connectivity index (χ0v) is 12.1. The number of carboxylic acids is 2. The summed E-state index contributed by atoms with van der Waals surface area (Å²) in [7, 11) is 0. The van der Waals surface area contributed by atoms with Crippen LogP contribution in [0.15, 0.2) is 23.8 Å². The van der Waals surface area contributed by atoms with Crippen molar-refractivity contribution in [2.75, 3.05) is 0 Å². The van der Waals surface area contributed by atoms with Gasteiger partial charge in [0.25, 0.3) is 0 Å². The lowest BCUT2D eigenvalue weighted by molar-refractivity contribution is -0.141. The van der Waals surface area contributed by atoms with Crippen LogP contribution < -0.4 is 0 Å². The highest BCUT2D eigenvalue weighted by molar-refractivity contribution is 9.09. The van der Waals surface area contributed by atoms with E-state index in [9.17, 15) is 14.7 Å². The summed E-state index contributed by atoms with van der Waals surface area (Å²) >= 11 is 3.49. The molecule has 0 amide bonds. The van der Waals surface area contributed by atoms with E-state index < -0.39 is 22.2 Å². The van der Waals surface area contributed by atoms with Gasteiger partial charge in [0, 0.05) is 0 Å². The quantitative estimate of drug-likeness (QED) is 0.820. The molecule has 0 fully saturated rings. The summed E-state index contributed by atoms with van der Waals surface area (Å²) in [6.07, 6.45) is 1.74. The number of benzene rings is 1. The van der Waals surface area contributed by atoms with Crippen LogP contribution >= 0.6 is 15.9 Å². The van der Waals surface area contributed by atoms with Crippen LogP contribution in [0.1, 0.15) is 35.3 Å². The van der Waals surface area contributed by atoms with Gasteiger partial charge in [-0.2, -0.15) is 0 Å². The topological polar surface area (TPSA) is 74.6 Å². The van der Waals surface area contributed by atoms with Gasteiger partial charge in [-0.05, 0) is 37.1 Å². The molecule has 5 heteroatoms. The Morgan fingerprint density at radius 1 is 1.32 bits per heavy atom. The Labute approximate surface area is 118 Å². The molecule has 0 aliphatic heterocycles. The molecule has 0 heterocycles. The first kappa shape index (κ1) is 13.8. The number of halogens is 1. The fourth-order valence-corrected chi connectivity index (χ4v) is 3.52. The molecule has 4 nitrogen and oxygen atoms in total. The molecule has 2 atom stereocenters. The Morgan fingerprint density at radius 2 is 1.95 bits per heavy atom. The Balaban J connectivity index is 2.65. The number of hydrogen-bond donors (Lipinski definition) is 2. The van der Waals surface area contributed by atoms with E-state index in [0.29, 0.717) is 5.57 Å². The minimum atomic E-state index is -0.995. The molecule has 19 heavy (non-hydrogen) atoms. The van der Waals surface area contributed by atoms with E-state index in [0.717, 1.165) is 11.1 Å². The molecule has 0 saturated carbocycles. The lowest BCUT2D eigenvalue weighted by Crippen LogP contribution is -2.35. The van der Waals surface area contributed by atoms with Crippen LogP contribution in [0.5, 0.6) is 0 Å². The Bertz CT molecular complexity index is 601. The minimum absolute atomic E-state index is 0.194. The van der Waals surface area contributed by atoms with Gasteiger partial charge >= 0.3 is 11.9 Å². The monoisotopic (exact) mass is 324 g/mol. The predicted molar refractivity (Wildman–Crippen MR) is 74.5 cm³/mol. The zero-order chi connectivity index (χ0) is 14.4. The average Bonchev–Trinajstić information content (AvgIpc) is 2.26. The van der Waals surface area contributed by atoms with Crippen molar-refractivity contribution in [1.29, 1.82) is 0 Å². The van der Waals surface area contributed by atoms with Crippen LogP contribution in [-0.2, 0) is 9.12 Å². The van der Waals surface area contributed by atoms with Crippen LogP contribution in [0.4, 0.5) is 0 Å². The third-order valence-electron chi connectivity index (χ3n) is 3.45. The number of alkyl halides is 1. The maximum absolute atomic E-state index is 11.4. The summed E-state index contributed by atoms with van der Waals surface area (Å²) in [6.45, 7) is 3.54. The van der Waals surface area contributed by atoms with Crippen LogP contribution in [0.2, 0.25) is 0 Å². The molecule has 2 unspecified atom stereocenters. The number of carbonyl (C=O) groups is 2.